The molecule has 1 unspecified atom stereocenters. The van der Waals surface area contributed by atoms with E-state index in [1.165, 1.54) is 19.2 Å². The number of hydrogen-bond acceptors (Lipinski definition) is 7. The number of methoxy groups -OCH3 is 1. The van der Waals surface area contributed by atoms with Gasteiger partial charge in [0.25, 0.3) is 5.91 Å². The summed E-state index contributed by atoms with van der Waals surface area (Å²) in [5.74, 6) is 0.770. The molecule has 1 saturated heterocycles. The first-order valence-electron chi connectivity index (χ1n) is 10.4. The Hall–Kier alpha value is -3.59. The third kappa shape index (κ3) is 5.36. The second-order valence-corrected chi connectivity index (χ2v) is 7.33. The molecule has 1 fully saturated rings. The van der Waals surface area contributed by atoms with Crippen molar-refractivity contribution in [2.75, 3.05) is 38.8 Å². The van der Waals surface area contributed by atoms with Crippen LogP contribution in [-0.4, -0.2) is 57.4 Å². The van der Waals surface area contributed by atoms with Gasteiger partial charge in [0, 0.05) is 23.9 Å². The van der Waals surface area contributed by atoms with Crippen LogP contribution in [0.4, 0.5) is 5.69 Å². The Morgan fingerprint density at radius 3 is 2.50 bits per heavy atom. The van der Waals surface area contributed by atoms with E-state index in [-0.39, 0.29) is 12.0 Å². The molecule has 9 heteroatoms. The van der Waals surface area contributed by atoms with E-state index >= 15 is 0 Å². The lowest BCUT2D eigenvalue weighted by atomic mass is 10.1. The van der Waals surface area contributed by atoms with Crippen LogP contribution in [0.25, 0.3) is 0 Å². The second kappa shape index (κ2) is 10.1. The van der Waals surface area contributed by atoms with Gasteiger partial charge in [0.1, 0.15) is 13.2 Å². The van der Waals surface area contributed by atoms with Crippen LogP contribution in [-0.2, 0) is 9.47 Å². The number of carbonyl (C=O) groups excluding carboxylic acids is 2. The van der Waals surface area contributed by atoms with Gasteiger partial charge >= 0.3 is 5.97 Å². The summed E-state index contributed by atoms with van der Waals surface area (Å²) < 4.78 is 21.5. The Labute approximate surface area is 185 Å². The minimum atomic E-state index is -0.462. The molecule has 1 amide bonds. The maximum atomic E-state index is 12.8. The van der Waals surface area contributed by atoms with Gasteiger partial charge in [-0.25, -0.2) is 9.79 Å². The average molecular weight is 439 g/mol. The van der Waals surface area contributed by atoms with Gasteiger partial charge in [-0.15, -0.1) is 0 Å². The number of nitrogens with zero attached hydrogens (tertiary/aromatic N) is 1. The van der Waals surface area contributed by atoms with E-state index in [1.807, 2.05) is 12.1 Å². The first-order chi connectivity index (χ1) is 15.6. The summed E-state index contributed by atoms with van der Waals surface area (Å²) in [7, 11) is 1.31. The molecule has 1 atom stereocenters. The molecule has 2 aliphatic rings. The Kier molecular flexibility index (Phi) is 6.86. The summed E-state index contributed by atoms with van der Waals surface area (Å²) in [6.07, 6.45) is 1.97. The number of ether oxygens (including phenoxy) is 4. The van der Waals surface area contributed by atoms with Crippen molar-refractivity contribution < 1.29 is 28.5 Å². The zero-order valence-electron chi connectivity index (χ0n) is 17.8. The van der Waals surface area contributed by atoms with Crippen LogP contribution >= 0.6 is 0 Å². The van der Waals surface area contributed by atoms with Gasteiger partial charge in [-0.2, -0.15) is 0 Å². The molecule has 0 aromatic heterocycles. The molecule has 2 N–H and O–H groups in total. The van der Waals surface area contributed by atoms with E-state index in [2.05, 4.69) is 20.4 Å². The summed E-state index contributed by atoms with van der Waals surface area (Å²) >= 11 is 0. The highest BCUT2D eigenvalue weighted by Crippen LogP contribution is 2.32. The topological polar surface area (TPSA) is 107 Å². The van der Waals surface area contributed by atoms with Crippen LogP contribution in [0, 0.1) is 0 Å². The van der Waals surface area contributed by atoms with Crippen molar-refractivity contribution in [2.24, 2.45) is 4.99 Å². The molecule has 0 radical (unpaired) electrons. The van der Waals surface area contributed by atoms with Gasteiger partial charge in [0.15, 0.2) is 11.5 Å². The predicted molar refractivity (Wildman–Crippen MR) is 118 cm³/mol. The number of amides is 1. The number of guanidine groups is 1. The smallest absolute Gasteiger partial charge is 0.337 e. The summed E-state index contributed by atoms with van der Waals surface area (Å²) in [5, 5.41) is 5.95. The van der Waals surface area contributed by atoms with Gasteiger partial charge in [-0.05, 0) is 49.2 Å². The van der Waals surface area contributed by atoms with Gasteiger partial charge in [-0.1, -0.05) is 0 Å². The number of benzene rings is 2. The molecule has 2 heterocycles. The van der Waals surface area contributed by atoms with E-state index in [0.29, 0.717) is 54.0 Å². The van der Waals surface area contributed by atoms with Gasteiger partial charge in [-0.3, -0.25) is 10.1 Å². The Bertz CT molecular complexity index is 999. The molecule has 0 bridgehead atoms. The third-order valence-electron chi connectivity index (χ3n) is 5.08. The lowest BCUT2D eigenvalue weighted by Gasteiger charge is -2.19. The highest BCUT2D eigenvalue weighted by atomic mass is 16.6. The van der Waals surface area contributed by atoms with Crippen molar-refractivity contribution in [1.82, 2.24) is 5.32 Å². The summed E-state index contributed by atoms with van der Waals surface area (Å²) in [6.45, 7) is 2.14. The SMILES string of the molecule is COC(=O)c1ccc(C(=O)NC(=NCC2CCCO2)Nc2ccc3c(c2)OCCO3)cc1. The van der Waals surface area contributed by atoms with Crippen molar-refractivity contribution in [1.29, 1.82) is 0 Å². The average Bonchev–Trinajstić information content (AvgIpc) is 3.36. The highest BCUT2D eigenvalue weighted by molar-refractivity contribution is 6.10. The van der Waals surface area contributed by atoms with Crippen LogP contribution in [0.15, 0.2) is 47.5 Å². The number of carbonyl (C=O) groups is 2. The van der Waals surface area contributed by atoms with E-state index in [1.54, 1.807) is 18.2 Å². The largest absolute Gasteiger partial charge is 0.486 e. The Morgan fingerprint density at radius 1 is 1.03 bits per heavy atom. The second-order valence-electron chi connectivity index (χ2n) is 7.33. The number of aliphatic imine (C=N–C) groups is 1. The van der Waals surface area contributed by atoms with Crippen molar-refractivity contribution in [2.45, 2.75) is 18.9 Å². The van der Waals surface area contributed by atoms with Crippen LogP contribution < -0.4 is 20.1 Å². The van der Waals surface area contributed by atoms with Gasteiger partial charge in [0.2, 0.25) is 5.96 Å². The first-order valence-corrected chi connectivity index (χ1v) is 10.4. The van der Waals surface area contributed by atoms with Crippen LogP contribution in [0.3, 0.4) is 0 Å². The first kappa shape index (κ1) is 21.6. The van der Waals surface area contributed by atoms with Crippen molar-refractivity contribution in [3.8, 4) is 11.5 Å². The summed E-state index contributed by atoms with van der Waals surface area (Å²) in [5.41, 5.74) is 1.44. The number of hydrogen-bond donors (Lipinski definition) is 2. The van der Waals surface area contributed by atoms with Crippen LogP contribution in [0.5, 0.6) is 11.5 Å². The zero-order valence-corrected chi connectivity index (χ0v) is 17.8. The highest BCUT2D eigenvalue weighted by Gasteiger charge is 2.17. The molecule has 0 aliphatic carbocycles. The molecule has 2 aliphatic heterocycles. The van der Waals surface area contributed by atoms with Crippen molar-refractivity contribution in [3.63, 3.8) is 0 Å². The molecule has 2 aromatic rings. The molecule has 4 rings (SSSR count). The Balaban J connectivity index is 1.49. The zero-order chi connectivity index (χ0) is 22.3. The van der Waals surface area contributed by atoms with Gasteiger partial charge < -0.3 is 24.3 Å². The lowest BCUT2D eigenvalue weighted by Crippen LogP contribution is -2.36. The van der Waals surface area contributed by atoms with Crippen LogP contribution in [0.1, 0.15) is 33.6 Å². The molecular weight excluding hydrogens is 414 g/mol. The fraction of sp³-hybridized carbons (Fsp3) is 0.348. The minimum absolute atomic E-state index is 0.0308. The summed E-state index contributed by atoms with van der Waals surface area (Å²) in [4.78, 5) is 28.9. The normalized spacial score (nSPS) is 17.5. The fourth-order valence-corrected chi connectivity index (χ4v) is 3.40. The van der Waals surface area contributed by atoms with E-state index in [4.69, 9.17) is 14.2 Å². The number of nitrogens with one attached hydrogen (secondary N) is 2. The van der Waals surface area contributed by atoms with Crippen molar-refractivity contribution in [3.05, 3.63) is 53.6 Å². The minimum Gasteiger partial charge on any atom is -0.486 e. The predicted octanol–water partition coefficient (Wildman–Crippen LogP) is 2.62. The maximum Gasteiger partial charge on any atom is 0.337 e. The third-order valence-corrected chi connectivity index (χ3v) is 5.08. The molecule has 0 saturated carbocycles. The quantitative estimate of drug-likeness (QED) is 0.419. The number of fused-ring (bicyclic) bond motifs is 1. The molecular formula is C23H25N3O6. The van der Waals surface area contributed by atoms with E-state index in [9.17, 15) is 9.59 Å². The van der Waals surface area contributed by atoms with Crippen molar-refractivity contribution >= 4 is 23.5 Å². The lowest BCUT2D eigenvalue weighted by molar-refractivity contribution is 0.0600. The molecule has 9 nitrogen and oxygen atoms in total. The molecule has 0 spiro atoms. The molecule has 32 heavy (non-hydrogen) atoms. The maximum absolute atomic E-state index is 12.8. The van der Waals surface area contributed by atoms with E-state index < -0.39 is 5.97 Å². The standard InChI is InChI=1S/C23H25N3O6/c1-29-22(28)16-6-4-15(5-7-16)21(27)26-23(24-14-18-3-2-10-30-18)25-17-8-9-19-20(13-17)32-12-11-31-19/h4-9,13,18H,2-3,10-12,14H2,1H3,(H2,24,25,26,27). The molecule has 2 aromatic carbocycles. The summed E-state index contributed by atoms with van der Waals surface area (Å²) in [6, 6.07) is 11.6. The fourth-order valence-electron chi connectivity index (χ4n) is 3.40. The monoisotopic (exact) mass is 439 g/mol. The Morgan fingerprint density at radius 2 is 1.78 bits per heavy atom. The number of rotatable bonds is 5. The molecule has 168 valence electrons. The van der Waals surface area contributed by atoms with E-state index in [0.717, 1.165) is 19.4 Å². The van der Waals surface area contributed by atoms with Gasteiger partial charge in [0.05, 0.1) is 25.3 Å². The number of esters is 1. The van der Waals surface area contributed by atoms with Crippen LogP contribution in [0.2, 0.25) is 0 Å². The number of anilines is 1.